The molecule has 3 heterocycles. The van der Waals surface area contributed by atoms with E-state index < -0.39 is 12.0 Å². The minimum atomic E-state index is -0.932. The van der Waals surface area contributed by atoms with E-state index in [1.54, 1.807) is 4.90 Å². The second-order valence-corrected chi connectivity index (χ2v) is 7.37. The molecule has 0 radical (unpaired) electrons. The summed E-state index contributed by atoms with van der Waals surface area (Å²) >= 11 is 1.46. The lowest BCUT2D eigenvalue weighted by Crippen LogP contribution is -2.46. The number of oxazole rings is 1. The van der Waals surface area contributed by atoms with Gasteiger partial charge in [-0.3, -0.25) is 4.79 Å². The van der Waals surface area contributed by atoms with Crippen LogP contribution in [0, 0.1) is 5.92 Å². The number of amides is 1. The molecule has 0 aromatic carbocycles. The number of fused-ring (bicyclic) bond motifs is 1. The first kappa shape index (κ1) is 15.4. The zero-order valence-electron chi connectivity index (χ0n) is 13.1. The lowest BCUT2D eigenvalue weighted by molar-refractivity contribution is -0.141. The third-order valence-corrected chi connectivity index (χ3v) is 5.99. The van der Waals surface area contributed by atoms with Crippen LogP contribution in [0.15, 0.2) is 28.3 Å². The molecule has 0 unspecified atom stereocenters. The van der Waals surface area contributed by atoms with Gasteiger partial charge in [0.2, 0.25) is 0 Å². The number of carbonyl (C=O) groups is 2. The standard InChI is InChI=1S/C17H18N2O4S/c20-16(14-15(23-9-18-14)13-6-3-7-24-13)19-11-5-2-1-4-10(11)8-12(19)17(21)22/h3,6-7,9-12H,1-2,4-5,8H2,(H,21,22)/t10-,11-,12+/m1/s1. The van der Waals surface area contributed by atoms with E-state index in [9.17, 15) is 14.7 Å². The molecule has 3 atom stereocenters. The first-order valence-electron chi connectivity index (χ1n) is 8.19. The summed E-state index contributed by atoms with van der Waals surface area (Å²) in [4.78, 5) is 31.3. The summed E-state index contributed by atoms with van der Waals surface area (Å²) in [5.74, 6) is -0.549. The van der Waals surface area contributed by atoms with Crippen LogP contribution in [0.3, 0.4) is 0 Å². The van der Waals surface area contributed by atoms with Gasteiger partial charge in [-0.25, -0.2) is 9.78 Å². The van der Waals surface area contributed by atoms with Gasteiger partial charge >= 0.3 is 5.97 Å². The number of hydrogen-bond acceptors (Lipinski definition) is 5. The number of aromatic nitrogens is 1. The zero-order valence-corrected chi connectivity index (χ0v) is 13.9. The number of aliphatic carboxylic acids is 1. The smallest absolute Gasteiger partial charge is 0.326 e. The first-order chi connectivity index (χ1) is 11.7. The highest BCUT2D eigenvalue weighted by atomic mass is 32.1. The molecule has 2 aromatic rings. The maximum Gasteiger partial charge on any atom is 0.326 e. The summed E-state index contributed by atoms with van der Waals surface area (Å²) in [6.07, 6.45) is 5.80. The van der Waals surface area contributed by atoms with E-state index >= 15 is 0 Å². The molecule has 1 saturated carbocycles. The second kappa shape index (κ2) is 6.05. The highest BCUT2D eigenvalue weighted by Crippen LogP contribution is 2.41. The lowest BCUT2D eigenvalue weighted by Gasteiger charge is -2.32. The van der Waals surface area contributed by atoms with Crippen molar-refractivity contribution in [1.29, 1.82) is 0 Å². The maximum absolute atomic E-state index is 13.1. The molecule has 1 N–H and O–H groups in total. The minimum Gasteiger partial charge on any atom is -0.480 e. The van der Waals surface area contributed by atoms with Crippen molar-refractivity contribution in [2.24, 2.45) is 5.92 Å². The SMILES string of the molecule is O=C(O)[C@@H]1C[C@H]2CCCC[C@H]2N1C(=O)c1ncoc1-c1cccs1. The largest absolute Gasteiger partial charge is 0.480 e. The van der Waals surface area contributed by atoms with Crippen molar-refractivity contribution in [3.8, 4) is 10.6 Å². The number of carboxylic acids is 1. The summed E-state index contributed by atoms with van der Waals surface area (Å²) in [6, 6.07) is 2.98. The molecule has 4 rings (SSSR count). The maximum atomic E-state index is 13.1. The van der Waals surface area contributed by atoms with E-state index in [4.69, 9.17) is 4.42 Å². The van der Waals surface area contributed by atoms with Crippen LogP contribution in [0.2, 0.25) is 0 Å². The van der Waals surface area contributed by atoms with Gasteiger partial charge < -0.3 is 14.4 Å². The molecule has 126 valence electrons. The molecule has 2 fully saturated rings. The Hall–Kier alpha value is -2.15. The predicted molar refractivity (Wildman–Crippen MR) is 87.8 cm³/mol. The van der Waals surface area contributed by atoms with Gasteiger partial charge in [0.15, 0.2) is 17.8 Å². The number of rotatable bonds is 3. The Bertz CT molecular complexity index is 754. The van der Waals surface area contributed by atoms with E-state index in [0.29, 0.717) is 12.2 Å². The molecule has 24 heavy (non-hydrogen) atoms. The fraction of sp³-hybridized carbons (Fsp3) is 0.471. The number of carbonyl (C=O) groups excluding carboxylic acids is 1. The van der Waals surface area contributed by atoms with Gasteiger partial charge in [-0.2, -0.15) is 0 Å². The molecule has 7 heteroatoms. The van der Waals surface area contributed by atoms with Crippen molar-refractivity contribution in [3.63, 3.8) is 0 Å². The van der Waals surface area contributed by atoms with Crippen LogP contribution in [0.5, 0.6) is 0 Å². The molecule has 1 aliphatic carbocycles. The topological polar surface area (TPSA) is 83.6 Å². The Balaban J connectivity index is 1.70. The van der Waals surface area contributed by atoms with E-state index in [-0.39, 0.29) is 23.6 Å². The van der Waals surface area contributed by atoms with Gasteiger partial charge in [0, 0.05) is 6.04 Å². The number of likely N-dealkylation sites (tertiary alicyclic amines) is 1. The van der Waals surface area contributed by atoms with E-state index in [2.05, 4.69) is 4.98 Å². The van der Waals surface area contributed by atoms with Gasteiger partial charge in [-0.05, 0) is 36.6 Å². The molecular weight excluding hydrogens is 328 g/mol. The minimum absolute atomic E-state index is 0.000218. The summed E-state index contributed by atoms with van der Waals surface area (Å²) in [5, 5.41) is 11.5. The Morgan fingerprint density at radius 2 is 2.17 bits per heavy atom. The normalized spacial score (nSPS) is 26.3. The predicted octanol–water partition coefficient (Wildman–Crippen LogP) is 3.26. The third kappa shape index (κ3) is 2.43. The molecule has 2 aliphatic rings. The lowest BCUT2D eigenvalue weighted by atomic mass is 9.84. The van der Waals surface area contributed by atoms with Crippen molar-refractivity contribution in [2.75, 3.05) is 0 Å². The van der Waals surface area contributed by atoms with Crippen molar-refractivity contribution in [3.05, 3.63) is 29.6 Å². The fourth-order valence-corrected chi connectivity index (χ4v) is 4.79. The van der Waals surface area contributed by atoms with Crippen LogP contribution < -0.4 is 0 Å². The van der Waals surface area contributed by atoms with E-state index in [0.717, 1.165) is 30.6 Å². The molecular formula is C17H18N2O4S. The van der Waals surface area contributed by atoms with E-state index in [1.807, 2.05) is 17.5 Å². The van der Waals surface area contributed by atoms with Crippen LogP contribution >= 0.6 is 11.3 Å². The quantitative estimate of drug-likeness (QED) is 0.922. The van der Waals surface area contributed by atoms with Gasteiger partial charge in [-0.1, -0.05) is 18.9 Å². The van der Waals surface area contributed by atoms with Gasteiger partial charge in [-0.15, -0.1) is 11.3 Å². The summed E-state index contributed by atoms with van der Waals surface area (Å²) in [5.41, 5.74) is 0.218. The third-order valence-electron chi connectivity index (χ3n) is 5.12. The molecule has 6 nitrogen and oxygen atoms in total. The molecule has 2 aromatic heterocycles. The number of nitrogens with zero attached hydrogens (tertiary/aromatic N) is 2. The van der Waals surface area contributed by atoms with Gasteiger partial charge in [0.25, 0.3) is 5.91 Å². The summed E-state index contributed by atoms with van der Waals surface area (Å²) < 4.78 is 5.43. The van der Waals surface area contributed by atoms with Crippen molar-refractivity contribution < 1.29 is 19.1 Å². The molecule has 1 saturated heterocycles. The Morgan fingerprint density at radius 1 is 1.33 bits per heavy atom. The molecule has 0 bridgehead atoms. The van der Waals surface area contributed by atoms with Crippen LogP contribution in [0.25, 0.3) is 10.6 Å². The number of hydrogen-bond donors (Lipinski definition) is 1. The van der Waals surface area contributed by atoms with Crippen LogP contribution in [0.1, 0.15) is 42.6 Å². The number of carboxylic acid groups (broad SMARTS) is 1. The zero-order chi connectivity index (χ0) is 16.7. The Kier molecular flexibility index (Phi) is 3.88. The van der Waals surface area contributed by atoms with Crippen molar-refractivity contribution >= 4 is 23.2 Å². The summed E-state index contributed by atoms with van der Waals surface area (Å²) in [7, 11) is 0. The van der Waals surface area contributed by atoms with Crippen LogP contribution in [-0.4, -0.2) is 39.0 Å². The van der Waals surface area contributed by atoms with Crippen molar-refractivity contribution in [2.45, 2.75) is 44.2 Å². The first-order valence-corrected chi connectivity index (χ1v) is 9.07. The average Bonchev–Trinajstić information content (AvgIpc) is 3.31. The van der Waals surface area contributed by atoms with E-state index in [1.165, 1.54) is 17.7 Å². The molecule has 0 spiro atoms. The average molecular weight is 346 g/mol. The van der Waals surface area contributed by atoms with Crippen molar-refractivity contribution in [1.82, 2.24) is 9.88 Å². The molecule has 1 amide bonds. The van der Waals surface area contributed by atoms with Gasteiger partial charge in [0.05, 0.1) is 4.88 Å². The summed E-state index contributed by atoms with van der Waals surface area (Å²) in [6.45, 7) is 0. The monoisotopic (exact) mass is 346 g/mol. The van der Waals surface area contributed by atoms with Crippen LogP contribution in [0.4, 0.5) is 0 Å². The highest BCUT2D eigenvalue weighted by Gasteiger charge is 2.48. The Morgan fingerprint density at radius 3 is 2.92 bits per heavy atom. The second-order valence-electron chi connectivity index (χ2n) is 6.42. The highest BCUT2D eigenvalue weighted by molar-refractivity contribution is 7.13. The van der Waals surface area contributed by atoms with Gasteiger partial charge in [0.1, 0.15) is 6.04 Å². The van der Waals surface area contributed by atoms with Crippen LogP contribution in [-0.2, 0) is 4.79 Å². The fourth-order valence-electron chi connectivity index (χ4n) is 4.08. The molecule has 1 aliphatic heterocycles. The number of thiophene rings is 1. The Labute approximate surface area is 143 Å².